The molecule has 1 aromatic heterocycles. The van der Waals surface area contributed by atoms with Gasteiger partial charge in [0.2, 0.25) is 10.0 Å². The Morgan fingerprint density at radius 1 is 1.56 bits per heavy atom. The number of hydrogen-bond donors (Lipinski definition) is 2. The van der Waals surface area contributed by atoms with Crippen LogP contribution in [0.15, 0.2) is 4.90 Å². The van der Waals surface area contributed by atoms with Crippen molar-refractivity contribution in [2.45, 2.75) is 31.2 Å². The second-order valence-corrected chi connectivity index (χ2v) is 6.86. The van der Waals surface area contributed by atoms with Crippen LogP contribution in [0.4, 0.5) is 5.82 Å². The van der Waals surface area contributed by atoms with Crippen LogP contribution in [0.25, 0.3) is 0 Å². The van der Waals surface area contributed by atoms with E-state index in [2.05, 4.69) is 9.82 Å². The van der Waals surface area contributed by atoms with Gasteiger partial charge in [0.05, 0.1) is 5.69 Å². The van der Waals surface area contributed by atoms with Gasteiger partial charge in [0.15, 0.2) is 5.82 Å². The summed E-state index contributed by atoms with van der Waals surface area (Å²) in [5.41, 5.74) is 6.19. The van der Waals surface area contributed by atoms with E-state index in [1.54, 1.807) is 25.7 Å². The first kappa shape index (κ1) is 15.3. The summed E-state index contributed by atoms with van der Waals surface area (Å²) in [6.07, 6.45) is 2.77. The summed E-state index contributed by atoms with van der Waals surface area (Å²) < 4.78 is 28.5. The number of rotatable bonds is 6. The van der Waals surface area contributed by atoms with Gasteiger partial charge >= 0.3 is 0 Å². The molecule has 0 aliphatic carbocycles. The summed E-state index contributed by atoms with van der Waals surface area (Å²) in [6, 6.07) is -0.124. The van der Waals surface area contributed by atoms with Crippen LogP contribution >= 0.6 is 11.8 Å². The third-order valence-corrected chi connectivity index (χ3v) is 5.08. The van der Waals surface area contributed by atoms with E-state index >= 15 is 0 Å². The van der Waals surface area contributed by atoms with Crippen LogP contribution in [-0.2, 0) is 17.1 Å². The topological polar surface area (TPSA) is 90.0 Å². The van der Waals surface area contributed by atoms with Gasteiger partial charge in [0, 0.05) is 13.1 Å². The molecule has 0 amide bonds. The number of aryl methyl sites for hydroxylation is 1. The molecule has 1 atom stereocenters. The number of nitrogens with two attached hydrogens (primary N) is 1. The Hall–Kier alpha value is -0.730. The molecule has 3 N–H and O–H groups in total. The minimum Gasteiger partial charge on any atom is -0.381 e. The second-order valence-electron chi connectivity index (χ2n) is 4.23. The van der Waals surface area contributed by atoms with E-state index in [0.29, 0.717) is 5.69 Å². The Morgan fingerprint density at radius 2 is 2.17 bits per heavy atom. The van der Waals surface area contributed by atoms with Crippen LogP contribution in [0, 0.1) is 6.92 Å². The van der Waals surface area contributed by atoms with Crippen molar-refractivity contribution in [3.63, 3.8) is 0 Å². The number of sulfonamides is 1. The van der Waals surface area contributed by atoms with Crippen molar-refractivity contribution < 1.29 is 8.42 Å². The summed E-state index contributed by atoms with van der Waals surface area (Å²) in [7, 11) is -1.93. The van der Waals surface area contributed by atoms with Gasteiger partial charge < -0.3 is 5.73 Å². The van der Waals surface area contributed by atoms with Crippen molar-refractivity contribution in [3.05, 3.63) is 5.69 Å². The first-order valence-corrected chi connectivity index (χ1v) is 8.47. The zero-order chi connectivity index (χ0) is 13.9. The number of aromatic nitrogens is 2. The fourth-order valence-electron chi connectivity index (χ4n) is 1.62. The maximum atomic E-state index is 12.2. The molecule has 0 aliphatic rings. The molecule has 6 nitrogen and oxygen atoms in total. The zero-order valence-corrected chi connectivity index (χ0v) is 12.7. The van der Waals surface area contributed by atoms with Crippen LogP contribution in [0.2, 0.25) is 0 Å². The van der Waals surface area contributed by atoms with Gasteiger partial charge in [-0.05, 0) is 32.3 Å². The average molecular weight is 292 g/mol. The van der Waals surface area contributed by atoms with E-state index in [-0.39, 0.29) is 16.8 Å². The third-order valence-electron chi connectivity index (χ3n) is 2.68. The predicted octanol–water partition coefficient (Wildman–Crippen LogP) is 0.731. The Morgan fingerprint density at radius 3 is 2.61 bits per heavy atom. The van der Waals surface area contributed by atoms with Gasteiger partial charge in [-0.15, -0.1) is 0 Å². The summed E-state index contributed by atoms with van der Waals surface area (Å²) in [5, 5.41) is 3.92. The summed E-state index contributed by atoms with van der Waals surface area (Å²) in [5.74, 6) is 0.949. The predicted molar refractivity (Wildman–Crippen MR) is 75.1 cm³/mol. The van der Waals surface area contributed by atoms with E-state index in [0.717, 1.165) is 12.2 Å². The van der Waals surface area contributed by atoms with E-state index in [9.17, 15) is 8.42 Å². The van der Waals surface area contributed by atoms with E-state index in [1.165, 1.54) is 4.68 Å². The number of nitrogens with zero attached hydrogens (tertiary/aromatic N) is 2. The van der Waals surface area contributed by atoms with Crippen molar-refractivity contribution in [2.24, 2.45) is 7.05 Å². The highest BCUT2D eigenvalue weighted by atomic mass is 32.2. The molecule has 104 valence electrons. The van der Waals surface area contributed by atoms with Gasteiger partial charge in [0.25, 0.3) is 0 Å². The summed E-state index contributed by atoms with van der Waals surface area (Å²) in [6.45, 7) is 3.53. The first-order valence-electron chi connectivity index (χ1n) is 5.60. The quantitative estimate of drug-likeness (QED) is 0.807. The summed E-state index contributed by atoms with van der Waals surface area (Å²) in [4.78, 5) is 0.0843. The highest BCUT2D eigenvalue weighted by molar-refractivity contribution is 7.98. The largest absolute Gasteiger partial charge is 0.381 e. The molecule has 0 aliphatic heterocycles. The lowest BCUT2D eigenvalue weighted by molar-refractivity contribution is 0.556. The number of nitrogens with one attached hydrogen (secondary N) is 1. The van der Waals surface area contributed by atoms with Gasteiger partial charge in [-0.2, -0.15) is 16.9 Å². The fraction of sp³-hybridized carbons (Fsp3) is 0.700. The smallest absolute Gasteiger partial charge is 0.246 e. The Balaban J connectivity index is 2.93. The Kier molecular flexibility index (Phi) is 5.06. The summed E-state index contributed by atoms with van der Waals surface area (Å²) >= 11 is 1.69. The normalized spacial score (nSPS) is 13.8. The minimum atomic E-state index is -3.60. The van der Waals surface area contributed by atoms with E-state index in [1.807, 2.05) is 13.2 Å². The van der Waals surface area contributed by atoms with Crippen LogP contribution in [0.3, 0.4) is 0 Å². The highest BCUT2D eigenvalue weighted by Crippen LogP contribution is 2.21. The lowest BCUT2D eigenvalue weighted by Gasteiger charge is -2.13. The Labute approximate surface area is 112 Å². The molecule has 18 heavy (non-hydrogen) atoms. The van der Waals surface area contributed by atoms with E-state index < -0.39 is 10.0 Å². The molecule has 0 saturated carbocycles. The number of nitrogen functional groups attached to an aromatic ring is 1. The van der Waals surface area contributed by atoms with Gasteiger partial charge in [-0.3, -0.25) is 4.68 Å². The number of thioether (sulfide) groups is 1. The molecule has 1 heterocycles. The van der Waals surface area contributed by atoms with Crippen molar-refractivity contribution in [1.82, 2.24) is 14.5 Å². The monoisotopic (exact) mass is 292 g/mol. The highest BCUT2D eigenvalue weighted by Gasteiger charge is 2.25. The maximum absolute atomic E-state index is 12.2. The molecule has 1 unspecified atom stereocenters. The maximum Gasteiger partial charge on any atom is 0.246 e. The Bertz CT molecular complexity index is 510. The average Bonchev–Trinajstić information content (AvgIpc) is 2.49. The molecular weight excluding hydrogens is 272 g/mol. The van der Waals surface area contributed by atoms with Crippen molar-refractivity contribution >= 4 is 27.6 Å². The molecule has 0 fully saturated rings. The standard InChI is InChI=1S/C10H20N4O2S2/c1-7(5-6-17-4)13-18(15,16)9-8(2)14(3)12-10(9)11/h7,13H,5-6H2,1-4H3,(H2,11,12). The van der Waals surface area contributed by atoms with Crippen LogP contribution in [-0.4, -0.2) is 36.2 Å². The van der Waals surface area contributed by atoms with Crippen molar-refractivity contribution in [1.29, 1.82) is 0 Å². The molecule has 0 aromatic carbocycles. The minimum absolute atomic E-state index is 0.0413. The zero-order valence-electron chi connectivity index (χ0n) is 11.1. The van der Waals surface area contributed by atoms with Crippen LogP contribution < -0.4 is 10.5 Å². The molecule has 8 heteroatoms. The molecule has 0 saturated heterocycles. The molecule has 0 radical (unpaired) electrons. The SMILES string of the molecule is CSCCC(C)NS(=O)(=O)c1c(N)nn(C)c1C. The van der Waals surface area contributed by atoms with Gasteiger partial charge in [-0.1, -0.05) is 0 Å². The second kappa shape index (κ2) is 5.94. The molecule has 1 rings (SSSR count). The molecule has 0 bridgehead atoms. The lowest BCUT2D eigenvalue weighted by Crippen LogP contribution is -2.33. The van der Waals surface area contributed by atoms with Gasteiger partial charge in [-0.25, -0.2) is 13.1 Å². The molecule has 1 aromatic rings. The van der Waals surface area contributed by atoms with Crippen molar-refractivity contribution in [2.75, 3.05) is 17.7 Å². The van der Waals surface area contributed by atoms with Gasteiger partial charge in [0.1, 0.15) is 4.90 Å². The fourth-order valence-corrected chi connectivity index (χ4v) is 3.82. The molecule has 0 spiro atoms. The first-order chi connectivity index (χ1) is 8.29. The number of anilines is 1. The lowest BCUT2D eigenvalue weighted by atomic mass is 10.3. The van der Waals surface area contributed by atoms with Crippen LogP contribution in [0.5, 0.6) is 0 Å². The number of hydrogen-bond acceptors (Lipinski definition) is 5. The molecular formula is C10H20N4O2S2. The van der Waals surface area contributed by atoms with Crippen molar-refractivity contribution in [3.8, 4) is 0 Å². The third kappa shape index (κ3) is 3.39. The van der Waals surface area contributed by atoms with Crippen LogP contribution in [0.1, 0.15) is 19.0 Å². The van der Waals surface area contributed by atoms with E-state index in [4.69, 9.17) is 5.73 Å².